The zero-order valence-corrected chi connectivity index (χ0v) is 13.8. The summed E-state index contributed by atoms with van der Waals surface area (Å²) in [6.45, 7) is 0. The van der Waals surface area contributed by atoms with Crippen LogP contribution < -0.4 is 10.3 Å². The number of nitrogens with zero attached hydrogens (tertiary/aromatic N) is 2. The first-order valence-corrected chi connectivity index (χ1v) is 7.91. The highest BCUT2D eigenvalue weighted by atomic mass is 79.9. The second-order valence-corrected chi connectivity index (χ2v) is 6.03. The van der Waals surface area contributed by atoms with Gasteiger partial charge in [-0.1, -0.05) is 46.3 Å². The zero-order valence-electron chi connectivity index (χ0n) is 12.2. The van der Waals surface area contributed by atoms with Crippen molar-refractivity contribution in [3.63, 3.8) is 0 Å². The Labute approximate surface area is 142 Å². The third-order valence-corrected chi connectivity index (χ3v) is 3.87. The van der Waals surface area contributed by atoms with Crippen molar-refractivity contribution in [1.82, 2.24) is 5.32 Å². The molecule has 0 saturated carbocycles. The van der Waals surface area contributed by atoms with Crippen LogP contribution in [0.25, 0.3) is 0 Å². The summed E-state index contributed by atoms with van der Waals surface area (Å²) in [6.07, 6.45) is 0.340. The first kappa shape index (κ1) is 15.4. The summed E-state index contributed by atoms with van der Waals surface area (Å²) in [5.41, 5.74) is 1.59. The molecule has 116 valence electrons. The number of hydrogen-bond donors (Lipinski definition) is 1. The Morgan fingerprint density at radius 2 is 1.83 bits per heavy atom. The maximum absolute atomic E-state index is 12.1. The first-order chi connectivity index (χ1) is 11.1. The highest BCUT2D eigenvalue weighted by Gasteiger charge is 2.26. The molecule has 0 unspecified atom stereocenters. The molecular formula is C17H14BrN3O2. The molecule has 0 saturated heterocycles. The molecule has 0 spiro atoms. The molecular weight excluding hydrogens is 358 g/mol. The van der Waals surface area contributed by atoms with Crippen molar-refractivity contribution in [2.45, 2.75) is 12.8 Å². The summed E-state index contributed by atoms with van der Waals surface area (Å²) in [5.74, 6) is 0.0323. The smallest absolute Gasteiger partial charge is 0.255 e. The molecule has 1 N–H and O–H groups in total. The van der Waals surface area contributed by atoms with Gasteiger partial charge in [-0.15, -0.1) is 0 Å². The number of amides is 2. The Morgan fingerprint density at radius 1 is 1.13 bits per heavy atom. The topological polar surface area (TPSA) is 61.8 Å². The van der Waals surface area contributed by atoms with Crippen LogP contribution in [-0.4, -0.2) is 17.6 Å². The highest BCUT2D eigenvalue weighted by molar-refractivity contribution is 9.10. The number of hydrazone groups is 1. The summed E-state index contributed by atoms with van der Waals surface area (Å²) >= 11 is 3.36. The Bertz CT molecular complexity index is 757. The molecule has 1 aliphatic heterocycles. The lowest BCUT2D eigenvalue weighted by atomic mass is 10.1. The minimum Gasteiger partial charge on any atom is -0.312 e. The molecule has 23 heavy (non-hydrogen) atoms. The molecule has 6 heteroatoms. The maximum Gasteiger partial charge on any atom is 0.255 e. The molecule has 0 radical (unpaired) electrons. The number of nitrogens with one attached hydrogen (secondary N) is 1. The van der Waals surface area contributed by atoms with Crippen LogP contribution in [0.2, 0.25) is 0 Å². The van der Waals surface area contributed by atoms with Crippen LogP contribution in [0.1, 0.15) is 12.0 Å². The van der Waals surface area contributed by atoms with E-state index in [4.69, 9.17) is 0 Å². The maximum atomic E-state index is 12.1. The molecule has 0 bridgehead atoms. The monoisotopic (exact) mass is 371 g/mol. The van der Waals surface area contributed by atoms with E-state index < -0.39 is 0 Å². The number of carbonyl (C=O) groups excluding carboxylic acids is 2. The predicted octanol–water partition coefficient (Wildman–Crippen LogP) is 2.86. The molecule has 0 aliphatic carbocycles. The number of anilines is 1. The van der Waals surface area contributed by atoms with E-state index in [-0.39, 0.29) is 24.7 Å². The largest absolute Gasteiger partial charge is 0.312 e. The van der Waals surface area contributed by atoms with Gasteiger partial charge >= 0.3 is 0 Å². The fraction of sp³-hybridized carbons (Fsp3) is 0.118. The van der Waals surface area contributed by atoms with Crippen LogP contribution in [0, 0.1) is 0 Å². The van der Waals surface area contributed by atoms with E-state index >= 15 is 0 Å². The lowest BCUT2D eigenvalue weighted by molar-refractivity contribution is -0.119. The number of carbonyl (C=O) groups is 2. The van der Waals surface area contributed by atoms with Crippen LogP contribution in [0.15, 0.2) is 64.2 Å². The van der Waals surface area contributed by atoms with Crippen LogP contribution in [-0.2, 0) is 16.0 Å². The van der Waals surface area contributed by atoms with Crippen molar-refractivity contribution < 1.29 is 9.59 Å². The van der Waals surface area contributed by atoms with Gasteiger partial charge in [0.1, 0.15) is 5.84 Å². The van der Waals surface area contributed by atoms with Gasteiger partial charge in [-0.2, -0.15) is 10.1 Å². The molecule has 2 aromatic rings. The van der Waals surface area contributed by atoms with Crippen molar-refractivity contribution in [1.29, 1.82) is 0 Å². The summed E-state index contributed by atoms with van der Waals surface area (Å²) in [6, 6.07) is 16.7. The second kappa shape index (κ2) is 6.75. The van der Waals surface area contributed by atoms with E-state index in [0.29, 0.717) is 11.5 Å². The van der Waals surface area contributed by atoms with Crippen LogP contribution in [0.5, 0.6) is 0 Å². The van der Waals surface area contributed by atoms with Crippen LogP contribution >= 0.6 is 15.9 Å². The van der Waals surface area contributed by atoms with Crippen LogP contribution in [0.3, 0.4) is 0 Å². The fourth-order valence-corrected chi connectivity index (χ4v) is 2.53. The van der Waals surface area contributed by atoms with E-state index in [0.717, 1.165) is 10.0 Å². The summed E-state index contributed by atoms with van der Waals surface area (Å²) < 4.78 is 0.964. The van der Waals surface area contributed by atoms with Crippen molar-refractivity contribution in [3.05, 3.63) is 64.6 Å². The first-order valence-electron chi connectivity index (χ1n) is 7.11. The van der Waals surface area contributed by atoms with Crippen molar-refractivity contribution in [2.75, 3.05) is 5.01 Å². The van der Waals surface area contributed by atoms with E-state index in [9.17, 15) is 9.59 Å². The predicted molar refractivity (Wildman–Crippen MR) is 92.0 cm³/mol. The molecule has 0 fully saturated rings. The number of benzene rings is 2. The fourth-order valence-electron chi connectivity index (χ4n) is 2.26. The number of para-hydroxylation sites is 1. The van der Waals surface area contributed by atoms with E-state index in [1.54, 1.807) is 12.1 Å². The Hall–Kier alpha value is -2.47. The van der Waals surface area contributed by atoms with Gasteiger partial charge < -0.3 is 5.32 Å². The van der Waals surface area contributed by atoms with Gasteiger partial charge in [-0.3, -0.25) is 9.59 Å². The lowest BCUT2D eigenvalue weighted by Gasteiger charge is -2.10. The second-order valence-electron chi connectivity index (χ2n) is 5.12. The van der Waals surface area contributed by atoms with Gasteiger partial charge in [-0.05, 0) is 29.8 Å². The molecule has 2 aromatic carbocycles. The molecule has 5 nitrogen and oxygen atoms in total. The average molecular weight is 372 g/mol. The number of rotatable bonds is 3. The lowest BCUT2D eigenvalue weighted by Crippen LogP contribution is -2.31. The minimum absolute atomic E-state index is 0.0982. The molecule has 0 aromatic heterocycles. The third kappa shape index (κ3) is 3.84. The van der Waals surface area contributed by atoms with Gasteiger partial charge in [0.15, 0.2) is 0 Å². The molecule has 1 heterocycles. The number of hydrogen-bond acceptors (Lipinski definition) is 3. The standard InChI is InChI=1S/C17H14BrN3O2/c18-13-8-6-12(7-9-13)10-16(22)19-15-11-17(23)21(20-15)14-4-2-1-3-5-14/h1-9H,10-11H2,(H,19,20,22). The molecule has 1 aliphatic rings. The Kier molecular flexibility index (Phi) is 4.52. The van der Waals surface area contributed by atoms with E-state index in [1.165, 1.54) is 5.01 Å². The van der Waals surface area contributed by atoms with Crippen molar-refractivity contribution in [2.24, 2.45) is 5.10 Å². The normalized spacial score (nSPS) is 13.9. The van der Waals surface area contributed by atoms with Crippen LogP contribution in [0.4, 0.5) is 5.69 Å². The van der Waals surface area contributed by atoms with Crippen molar-refractivity contribution in [3.8, 4) is 0 Å². The van der Waals surface area contributed by atoms with Gasteiger partial charge in [0.2, 0.25) is 5.91 Å². The molecule has 3 rings (SSSR count). The minimum atomic E-state index is -0.186. The summed E-state index contributed by atoms with van der Waals surface area (Å²) in [4.78, 5) is 24.1. The Balaban J connectivity index is 1.65. The molecule has 2 amide bonds. The summed E-state index contributed by atoms with van der Waals surface area (Å²) in [7, 11) is 0. The van der Waals surface area contributed by atoms with Crippen molar-refractivity contribution >= 4 is 39.3 Å². The highest BCUT2D eigenvalue weighted by Crippen LogP contribution is 2.19. The zero-order chi connectivity index (χ0) is 16.2. The SMILES string of the molecule is O=C(Cc1ccc(Br)cc1)NC1=NN(c2ccccc2)C(=O)C1. The summed E-state index contributed by atoms with van der Waals surface area (Å²) in [5, 5.41) is 8.22. The Morgan fingerprint density at radius 3 is 2.52 bits per heavy atom. The van der Waals surface area contributed by atoms with Gasteiger partial charge in [0, 0.05) is 4.47 Å². The van der Waals surface area contributed by atoms with E-state index in [2.05, 4.69) is 26.3 Å². The number of amidine groups is 1. The number of halogens is 1. The van der Waals surface area contributed by atoms with Gasteiger partial charge in [0.05, 0.1) is 18.5 Å². The average Bonchev–Trinajstić information content (AvgIpc) is 2.91. The molecule has 0 atom stereocenters. The van der Waals surface area contributed by atoms with E-state index in [1.807, 2.05) is 42.5 Å². The third-order valence-electron chi connectivity index (χ3n) is 3.34. The van der Waals surface area contributed by atoms with Gasteiger partial charge in [0.25, 0.3) is 5.91 Å². The quantitative estimate of drug-likeness (QED) is 0.901. The van der Waals surface area contributed by atoms with Gasteiger partial charge in [-0.25, -0.2) is 0 Å².